The first-order valence-corrected chi connectivity index (χ1v) is 11.5. The maximum atomic E-state index is 5.96. The van der Waals surface area contributed by atoms with E-state index in [1.807, 2.05) is 36.9 Å². The summed E-state index contributed by atoms with van der Waals surface area (Å²) in [6.07, 6.45) is 0. The molecule has 178 valence electrons. The number of aliphatic imine (C=N–C) groups is 1. The van der Waals surface area contributed by atoms with Crippen LogP contribution in [0.3, 0.4) is 0 Å². The van der Waals surface area contributed by atoms with Gasteiger partial charge < -0.3 is 25.0 Å². The van der Waals surface area contributed by atoms with Crippen LogP contribution in [0.2, 0.25) is 0 Å². The Hall–Kier alpha value is -2.74. The minimum Gasteiger partial charge on any atom is -0.493 e. The Labute approximate surface area is 193 Å². The standard InChI is InChI=1S/C24H40N6O2/c1-8-25-24(27-17-21-18(4)28-29(6)19(21)5)26-16-20-11-12-22(23(15-20)31-7)32-14-13-30(9-2)10-3/h11-12,15H,8-10,13-14,16-17H2,1-7H3,(H2,25,26,27). The van der Waals surface area contributed by atoms with Gasteiger partial charge in [0, 0.05) is 37.9 Å². The minimum atomic E-state index is 0.538. The van der Waals surface area contributed by atoms with Crippen LogP contribution in [-0.2, 0) is 20.1 Å². The predicted octanol–water partition coefficient (Wildman–Crippen LogP) is 3.02. The van der Waals surface area contributed by atoms with E-state index in [2.05, 4.69) is 48.3 Å². The van der Waals surface area contributed by atoms with Crippen molar-refractivity contribution < 1.29 is 9.47 Å². The number of methoxy groups -OCH3 is 1. The van der Waals surface area contributed by atoms with E-state index in [-0.39, 0.29) is 0 Å². The number of benzene rings is 1. The van der Waals surface area contributed by atoms with Crippen LogP contribution in [0.15, 0.2) is 23.2 Å². The molecule has 0 radical (unpaired) electrons. The molecule has 0 saturated heterocycles. The Morgan fingerprint density at radius 3 is 2.47 bits per heavy atom. The molecule has 0 aliphatic heterocycles. The second-order valence-electron chi connectivity index (χ2n) is 7.68. The number of nitrogens with zero attached hydrogens (tertiary/aromatic N) is 4. The van der Waals surface area contributed by atoms with Gasteiger partial charge in [-0.05, 0) is 51.6 Å². The van der Waals surface area contributed by atoms with Crippen LogP contribution >= 0.6 is 0 Å². The monoisotopic (exact) mass is 444 g/mol. The van der Waals surface area contributed by atoms with E-state index in [1.165, 1.54) is 5.56 Å². The molecule has 32 heavy (non-hydrogen) atoms. The van der Waals surface area contributed by atoms with Crippen molar-refractivity contribution in [3.63, 3.8) is 0 Å². The topological polar surface area (TPSA) is 75.9 Å². The number of ether oxygens (including phenoxy) is 2. The van der Waals surface area contributed by atoms with E-state index in [9.17, 15) is 0 Å². The van der Waals surface area contributed by atoms with Gasteiger partial charge in [0.05, 0.1) is 19.3 Å². The van der Waals surface area contributed by atoms with Gasteiger partial charge in [-0.15, -0.1) is 0 Å². The molecule has 2 aromatic rings. The van der Waals surface area contributed by atoms with Gasteiger partial charge in [0.15, 0.2) is 17.5 Å². The normalized spacial score (nSPS) is 11.7. The molecule has 0 unspecified atom stereocenters. The minimum absolute atomic E-state index is 0.538. The van der Waals surface area contributed by atoms with Gasteiger partial charge >= 0.3 is 0 Å². The second kappa shape index (κ2) is 13.0. The van der Waals surface area contributed by atoms with Gasteiger partial charge in [-0.1, -0.05) is 19.9 Å². The van der Waals surface area contributed by atoms with Gasteiger partial charge in [-0.2, -0.15) is 5.10 Å². The first kappa shape index (κ1) is 25.5. The van der Waals surface area contributed by atoms with Gasteiger partial charge in [-0.25, -0.2) is 4.99 Å². The molecule has 1 aromatic carbocycles. The molecule has 0 bridgehead atoms. The molecule has 1 heterocycles. The lowest BCUT2D eigenvalue weighted by Gasteiger charge is -2.19. The van der Waals surface area contributed by atoms with Crippen LogP contribution in [0, 0.1) is 13.8 Å². The fraction of sp³-hybridized carbons (Fsp3) is 0.583. The van der Waals surface area contributed by atoms with Crippen LogP contribution in [0.25, 0.3) is 0 Å². The summed E-state index contributed by atoms with van der Waals surface area (Å²) in [5, 5.41) is 11.2. The Bertz CT molecular complexity index is 874. The van der Waals surface area contributed by atoms with E-state index < -0.39 is 0 Å². The number of hydrogen-bond acceptors (Lipinski definition) is 5. The Balaban J connectivity index is 2.01. The van der Waals surface area contributed by atoms with Crippen LogP contribution in [0.1, 0.15) is 43.3 Å². The third kappa shape index (κ3) is 7.15. The number of nitrogens with one attached hydrogen (secondary N) is 2. The third-order valence-corrected chi connectivity index (χ3v) is 5.64. The largest absolute Gasteiger partial charge is 0.493 e. The van der Waals surface area contributed by atoms with Crippen molar-refractivity contribution >= 4 is 5.96 Å². The van der Waals surface area contributed by atoms with E-state index >= 15 is 0 Å². The predicted molar refractivity (Wildman–Crippen MR) is 131 cm³/mol. The molecule has 0 saturated carbocycles. The highest BCUT2D eigenvalue weighted by Crippen LogP contribution is 2.28. The zero-order valence-corrected chi connectivity index (χ0v) is 20.8. The van der Waals surface area contributed by atoms with E-state index in [4.69, 9.17) is 14.5 Å². The first-order chi connectivity index (χ1) is 15.4. The van der Waals surface area contributed by atoms with Crippen molar-refractivity contribution in [3.8, 4) is 11.5 Å². The summed E-state index contributed by atoms with van der Waals surface area (Å²) in [5.74, 6) is 2.27. The van der Waals surface area contributed by atoms with Crippen LogP contribution in [-0.4, -0.2) is 60.5 Å². The van der Waals surface area contributed by atoms with Gasteiger partial charge in [0.2, 0.25) is 0 Å². The number of rotatable bonds is 12. The van der Waals surface area contributed by atoms with Gasteiger partial charge in [-0.3, -0.25) is 4.68 Å². The third-order valence-electron chi connectivity index (χ3n) is 5.64. The molecule has 2 N–H and O–H groups in total. The van der Waals surface area contributed by atoms with Crippen LogP contribution in [0.5, 0.6) is 11.5 Å². The molecule has 8 nitrogen and oxygen atoms in total. The van der Waals surface area contributed by atoms with Gasteiger partial charge in [0.25, 0.3) is 0 Å². The lowest BCUT2D eigenvalue weighted by molar-refractivity contribution is 0.217. The van der Waals surface area contributed by atoms with E-state index in [1.54, 1.807) is 7.11 Å². The summed E-state index contributed by atoms with van der Waals surface area (Å²) in [4.78, 5) is 7.07. The average molecular weight is 445 g/mol. The summed E-state index contributed by atoms with van der Waals surface area (Å²) < 4.78 is 13.4. The molecule has 0 spiro atoms. The molecule has 0 aliphatic rings. The maximum absolute atomic E-state index is 5.96. The number of hydrogen-bond donors (Lipinski definition) is 2. The lowest BCUT2D eigenvalue weighted by Crippen LogP contribution is -2.37. The molecule has 1 aromatic heterocycles. The molecule has 2 rings (SSSR count). The molecule has 0 fully saturated rings. The highest BCUT2D eigenvalue weighted by Gasteiger charge is 2.10. The zero-order valence-electron chi connectivity index (χ0n) is 20.8. The van der Waals surface area contributed by atoms with Crippen molar-refractivity contribution in [1.82, 2.24) is 25.3 Å². The van der Waals surface area contributed by atoms with Crippen LogP contribution in [0.4, 0.5) is 0 Å². The highest BCUT2D eigenvalue weighted by atomic mass is 16.5. The summed E-state index contributed by atoms with van der Waals surface area (Å²) in [6, 6.07) is 6.00. The smallest absolute Gasteiger partial charge is 0.191 e. The maximum Gasteiger partial charge on any atom is 0.191 e. The first-order valence-electron chi connectivity index (χ1n) is 11.5. The summed E-state index contributed by atoms with van der Waals surface area (Å²) >= 11 is 0. The fourth-order valence-corrected chi connectivity index (χ4v) is 3.51. The highest BCUT2D eigenvalue weighted by molar-refractivity contribution is 5.79. The number of aromatic nitrogens is 2. The van der Waals surface area contributed by atoms with Gasteiger partial charge in [0.1, 0.15) is 6.61 Å². The lowest BCUT2D eigenvalue weighted by atomic mass is 10.2. The quantitative estimate of drug-likeness (QED) is 0.387. The molecule has 0 aliphatic carbocycles. The van der Waals surface area contributed by atoms with Crippen molar-refractivity contribution in [2.24, 2.45) is 12.0 Å². The Kier molecular flexibility index (Phi) is 10.3. The Morgan fingerprint density at radius 2 is 1.88 bits per heavy atom. The SMILES string of the molecule is CCNC(=NCc1ccc(OCCN(CC)CC)c(OC)c1)NCc1c(C)nn(C)c1C. The Morgan fingerprint density at radius 1 is 1.12 bits per heavy atom. The molecular formula is C24H40N6O2. The van der Waals surface area contributed by atoms with Crippen molar-refractivity contribution in [3.05, 3.63) is 40.7 Å². The second-order valence-corrected chi connectivity index (χ2v) is 7.68. The molecule has 0 atom stereocenters. The zero-order chi connectivity index (χ0) is 23.5. The summed E-state index contributed by atoms with van der Waals surface area (Å²) in [5.41, 5.74) is 4.46. The fourth-order valence-electron chi connectivity index (χ4n) is 3.51. The van der Waals surface area contributed by atoms with Crippen molar-refractivity contribution in [2.75, 3.05) is 39.9 Å². The van der Waals surface area contributed by atoms with E-state index in [0.717, 1.165) is 60.6 Å². The van der Waals surface area contributed by atoms with Crippen molar-refractivity contribution in [1.29, 1.82) is 0 Å². The summed E-state index contributed by atoms with van der Waals surface area (Å²) in [7, 11) is 3.64. The van der Waals surface area contributed by atoms with Crippen LogP contribution < -0.4 is 20.1 Å². The summed E-state index contributed by atoms with van der Waals surface area (Å²) in [6.45, 7) is 16.1. The number of guanidine groups is 1. The van der Waals surface area contributed by atoms with Crippen molar-refractivity contribution in [2.45, 2.75) is 47.7 Å². The average Bonchev–Trinajstić information content (AvgIpc) is 3.04. The molecular weight excluding hydrogens is 404 g/mol. The number of aryl methyl sites for hydroxylation is 2. The number of likely N-dealkylation sites (N-methyl/N-ethyl adjacent to an activating group) is 1. The molecule has 8 heteroatoms. The molecule has 0 amide bonds. The van der Waals surface area contributed by atoms with E-state index in [0.29, 0.717) is 19.7 Å².